The Bertz CT molecular complexity index is 540. The third kappa shape index (κ3) is 3.80. The van der Waals surface area contributed by atoms with Crippen molar-refractivity contribution in [3.8, 4) is 0 Å². The van der Waals surface area contributed by atoms with Crippen LogP contribution in [0.3, 0.4) is 0 Å². The summed E-state index contributed by atoms with van der Waals surface area (Å²) in [6, 6.07) is 7.24. The number of benzene rings is 1. The van der Waals surface area contributed by atoms with Gasteiger partial charge in [-0.05, 0) is 24.5 Å². The maximum Gasteiger partial charge on any atom is 0.324 e. The maximum atomic E-state index is 12.5. The van der Waals surface area contributed by atoms with E-state index in [9.17, 15) is 13.2 Å². The molecule has 5 nitrogen and oxygen atoms in total. The number of carbonyl (C=O) groups excluding carboxylic acids is 1. The third-order valence-corrected chi connectivity index (χ3v) is 4.91. The van der Waals surface area contributed by atoms with E-state index in [1.165, 1.54) is 26.3 Å². The molecule has 0 saturated carbocycles. The topological polar surface area (TPSA) is 63.7 Å². The molecule has 6 heteroatoms. The molecule has 0 unspecified atom stereocenters. The first-order valence-corrected chi connectivity index (χ1v) is 7.85. The van der Waals surface area contributed by atoms with Gasteiger partial charge in [-0.15, -0.1) is 0 Å². The van der Waals surface area contributed by atoms with Gasteiger partial charge in [0.1, 0.15) is 6.04 Å². The summed E-state index contributed by atoms with van der Waals surface area (Å²) in [5.41, 5.74) is 0. The molecular weight excluding hydrogens is 278 g/mol. The molecule has 0 aromatic heterocycles. The number of sulfonamides is 1. The summed E-state index contributed by atoms with van der Waals surface area (Å²) in [5, 5.41) is 0. The minimum Gasteiger partial charge on any atom is -0.468 e. The number of likely N-dealkylation sites (N-methyl/N-ethyl adjacent to an activating group) is 1. The molecule has 0 radical (unpaired) electrons. The lowest BCUT2D eigenvalue weighted by molar-refractivity contribution is -0.145. The van der Waals surface area contributed by atoms with Gasteiger partial charge >= 0.3 is 5.97 Å². The van der Waals surface area contributed by atoms with Crippen molar-refractivity contribution < 1.29 is 17.9 Å². The lowest BCUT2D eigenvalue weighted by atomic mass is 10.0. The van der Waals surface area contributed by atoms with E-state index in [0.29, 0.717) is 6.42 Å². The maximum absolute atomic E-state index is 12.5. The number of carbonyl (C=O) groups is 1. The second-order valence-corrected chi connectivity index (χ2v) is 7.00. The van der Waals surface area contributed by atoms with Crippen LogP contribution < -0.4 is 0 Å². The van der Waals surface area contributed by atoms with Gasteiger partial charge in [0, 0.05) is 7.05 Å². The SMILES string of the molecule is COC(=O)[C@H](CC(C)C)N(C)S(=O)(=O)c1ccccc1. The molecule has 20 heavy (non-hydrogen) atoms. The predicted molar refractivity (Wildman–Crippen MR) is 76.6 cm³/mol. The summed E-state index contributed by atoms with van der Waals surface area (Å²) >= 11 is 0. The van der Waals surface area contributed by atoms with Crippen LogP contribution in [0.15, 0.2) is 35.2 Å². The molecule has 0 aliphatic heterocycles. The van der Waals surface area contributed by atoms with Crippen molar-refractivity contribution >= 4 is 16.0 Å². The van der Waals surface area contributed by atoms with Gasteiger partial charge in [-0.3, -0.25) is 4.79 Å². The van der Waals surface area contributed by atoms with E-state index in [1.54, 1.807) is 18.2 Å². The molecule has 0 spiro atoms. The van der Waals surface area contributed by atoms with Gasteiger partial charge < -0.3 is 4.74 Å². The van der Waals surface area contributed by atoms with Crippen LogP contribution >= 0.6 is 0 Å². The molecule has 0 saturated heterocycles. The Balaban J connectivity index is 3.11. The van der Waals surface area contributed by atoms with Crippen molar-refractivity contribution in [3.63, 3.8) is 0 Å². The fraction of sp³-hybridized carbons (Fsp3) is 0.500. The average molecular weight is 299 g/mol. The Morgan fingerprint density at radius 3 is 2.25 bits per heavy atom. The largest absolute Gasteiger partial charge is 0.468 e. The van der Waals surface area contributed by atoms with E-state index in [-0.39, 0.29) is 10.8 Å². The highest BCUT2D eigenvalue weighted by atomic mass is 32.2. The molecule has 0 N–H and O–H groups in total. The zero-order chi connectivity index (χ0) is 15.3. The van der Waals surface area contributed by atoms with E-state index in [2.05, 4.69) is 0 Å². The van der Waals surface area contributed by atoms with Crippen molar-refractivity contribution in [1.29, 1.82) is 0 Å². The van der Waals surface area contributed by atoms with Crippen LogP contribution in [0, 0.1) is 5.92 Å². The molecule has 1 aromatic rings. The molecule has 1 rings (SSSR count). The molecule has 112 valence electrons. The summed E-state index contributed by atoms with van der Waals surface area (Å²) in [4.78, 5) is 12.0. The minimum atomic E-state index is -3.71. The summed E-state index contributed by atoms with van der Waals surface area (Å²) in [5.74, 6) is -0.367. The Morgan fingerprint density at radius 2 is 1.80 bits per heavy atom. The van der Waals surface area contributed by atoms with E-state index in [0.717, 1.165) is 4.31 Å². The lowest BCUT2D eigenvalue weighted by Gasteiger charge is -2.26. The number of rotatable bonds is 6. The first-order chi connectivity index (χ1) is 9.30. The van der Waals surface area contributed by atoms with Gasteiger partial charge in [-0.2, -0.15) is 4.31 Å². The van der Waals surface area contributed by atoms with Crippen LogP contribution in [0.1, 0.15) is 20.3 Å². The smallest absolute Gasteiger partial charge is 0.324 e. The summed E-state index contributed by atoms with van der Waals surface area (Å²) in [6.07, 6.45) is 0.412. The van der Waals surface area contributed by atoms with Crippen molar-refractivity contribution in [2.45, 2.75) is 31.2 Å². The van der Waals surface area contributed by atoms with Crippen LogP contribution in [0.2, 0.25) is 0 Å². The van der Waals surface area contributed by atoms with E-state index in [4.69, 9.17) is 4.74 Å². The number of hydrogen-bond acceptors (Lipinski definition) is 4. The van der Waals surface area contributed by atoms with Gasteiger partial charge in [0.05, 0.1) is 12.0 Å². The summed E-state index contributed by atoms with van der Waals surface area (Å²) in [7, 11) is -1.03. The monoisotopic (exact) mass is 299 g/mol. The molecule has 0 aliphatic rings. The molecule has 0 amide bonds. The van der Waals surface area contributed by atoms with E-state index in [1.807, 2.05) is 13.8 Å². The van der Waals surface area contributed by atoms with E-state index >= 15 is 0 Å². The highest BCUT2D eigenvalue weighted by Crippen LogP contribution is 2.20. The molecule has 1 aromatic carbocycles. The van der Waals surface area contributed by atoms with Gasteiger partial charge in [-0.1, -0.05) is 32.0 Å². The molecular formula is C14H21NO4S. The second kappa shape index (κ2) is 6.85. The van der Waals surface area contributed by atoms with Crippen LogP contribution in [-0.4, -0.2) is 38.9 Å². The van der Waals surface area contributed by atoms with Crippen LogP contribution in [0.25, 0.3) is 0 Å². The average Bonchev–Trinajstić information content (AvgIpc) is 2.43. The quantitative estimate of drug-likeness (QED) is 0.753. The van der Waals surface area contributed by atoms with Crippen molar-refractivity contribution in [3.05, 3.63) is 30.3 Å². The highest BCUT2D eigenvalue weighted by molar-refractivity contribution is 7.89. The first kappa shape index (κ1) is 16.7. The third-order valence-electron chi connectivity index (χ3n) is 3.03. The van der Waals surface area contributed by atoms with Gasteiger partial charge in [0.2, 0.25) is 10.0 Å². The molecule has 0 heterocycles. The first-order valence-electron chi connectivity index (χ1n) is 6.41. The van der Waals surface area contributed by atoms with Gasteiger partial charge in [-0.25, -0.2) is 8.42 Å². The standard InChI is InChI=1S/C14H21NO4S/c1-11(2)10-13(14(16)19-4)15(3)20(17,18)12-8-6-5-7-9-12/h5-9,11,13H,10H2,1-4H3/t13-/m0/s1. The van der Waals surface area contributed by atoms with Gasteiger partial charge in [0.25, 0.3) is 0 Å². The predicted octanol–water partition coefficient (Wildman–Crippen LogP) is 1.89. The Labute approximate surface area is 120 Å². The molecule has 0 bridgehead atoms. The van der Waals surface area contributed by atoms with Crippen molar-refractivity contribution in [2.75, 3.05) is 14.2 Å². The molecule has 0 aliphatic carbocycles. The fourth-order valence-electron chi connectivity index (χ4n) is 1.90. The molecule has 0 fully saturated rings. The van der Waals surface area contributed by atoms with Crippen LogP contribution in [-0.2, 0) is 19.6 Å². The van der Waals surface area contributed by atoms with Crippen LogP contribution in [0.5, 0.6) is 0 Å². The lowest BCUT2D eigenvalue weighted by Crippen LogP contribution is -2.43. The highest BCUT2D eigenvalue weighted by Gasteiger charge is 2.33. The number of methoxy groups -OCH3 is 1. The fourth-order valence-corrected chi connectivity index (χ4v) is 3.24. The number of ether oxygens (including phenoxy) is 1. The van der Waals surface area contributed by atoms with Crippen molar-refractivity contribution in [1.82, 2.24) is 4.31 Å². The number of esters is 1. The number of nitrogens with zero attached hydrogens (tertiary/aromatic N) is 1. The van der Waals surface area contributed by atoms with Gasteiger partial charge in [0.15, 0.2) is 0 Å². The second-order valence-electron chi connectivity index (χ2n) is 5.00. The molecule has 1 atom stereocenters. The Kier molecular flexibility index (Phi) is 5.71. The zero-order valence-corrected chi connectivity index (χ0v) is 13.1. The summed E-state index contributed by atoms with van der Waals surface area (Å²) < 4.78 is 30.8. The zero-order valence-electron chi connectivity index (χ0n) is 12.2. The van der Waals surface area contributed by atoms with Crippen LogP contribution in [0.4, 0.5) is 0 Å². The van der Waals surface area contributed by atoms with Crippen molar-refractivity contribution in [2.24, 2.45) is 5.92 Å². The summed E-state index contributed by atoms with van der Waals surface area (Å²) in [6.45, 7) is 3.86. The Morgan fingerprint density at radius 1 is 1.25 bits per heavy atom. The Hall–Kier alpha value is -1.40. The number of hydrogen-bond donors (Lipinski definition) is 0. The van der Waals surface area contributed by atoms with E-state index < -0.39 is 22.0 Å². The normalized spacial score (nSPS) is 13.5. The minimum absolute atomic E-state index is 0.167.